The highest BCUT2D eigenvalue weighted by Crippen LogP contribution is 2.11. The molecule has 0 amide bonds. The maximum absolute atomic E-state index is 12.6. The predicted octanol–water partition coefficient (Wildman–Crippen LogP) is 9.71. The number of hydrogen-bond acceptors (Lipinski definition) is 6. The molecule has 0 aliphatic rings. The van der Waals surface area contributed by atoms with Crippen molar-refractivity contribution in [3.63, 3.8) is 0 Å². The summed E-state index contributed by atoms with van der Waals surface area (Å²) in [4.78, 5) is 30.3. The van der Waals surface area contributed by atoms with Crippen molar-refractivity contribution < 1.29 is 19.1 Å². The molecule has 0 unspecified atom stereocenters. The Kier molecular flexibility index (Phi) is 26.0. The maximum atomic E-state index is 12.6. The molecular weight excluding hydrogens is 548 g/mol. The first-order chi connectivity index (χ1) is 21.5. The summed E-state index contributed by atoms with van der Waals surface area (Å²) < 4.78 is 11.1. The zero-order valence-electron chi connectivity index (χ0n) is 29.2. The Balaban J connectivity index is 2.39. The number of carbonyl (C=O) groups excluding carboxylic acids is 2. The van der Waals surface area contributed by atoms with Crippen LogP contribution in [0.4, 0.5) is 0 Å². The number of ether oxygens (including phenoxy) is 2. The van der Waals surface area contributed by atoms with Crippen molar-refractivity contribution in [1.29, 1.82) is 0 Å². The highest BCUT2D eigenvalue weighted by Gasteiger charge is 2.12. The molecule has 0 heterocycles. The smallest absolute Gasteiger partial charge is 0.338 e. The molecule has 0 N–H and O–H groups in total. The molecule has 6 nitrogen and oxygen atoms in total. The molecule has 0 saturated heterocycles. The first kappa shape index (κ1) is 40.1. The van der Waals surface area contributed by atoms with Crippen LogP contribution < -0.4 is 0 Å². The summed E-state index contributed by atoms with van der Waals surface area (Å²) >= 11 is 0. The van der Waals surface area contributed by atoms with Crippen LogP contribution in [0.3, 0.4) is 0 Å². The summed E-state index contributed by atoms with van der Waals surface area (Å²) in [6.45, 7) is 16.3. The lowest BCUT2D eigenvalue weighted by atomic mass is 10.1. The van der Waals surface area contributed by atoms with Gasteiger partial charge >= 0.3 is 11.9 Å². The van der Waals surface area contributed by atoms with E-state index < -0.39 is 0 Å². The van der Waals surface area contributed by atoms with Crippen molar-refractivity contribution in [3.8, 4) is 0 Å². The number of hydrogen-bond donors (Lipinski definition) is 0. The van der Waals surface area contributed by atoms with E-state index in [4.69, 9.17) is 9.47 Å². The second-order valence-electron chi connectivity index (χ2n) is 12.5. The molecule has 0 aliphatic heterocycles. The highest BCUT2D eigenvalue weighted by molar-refractivity contribution is 5.93. The molecule has 1 aromatic carbocycles. The van der Waals surface area contributed by atoms with Crippen LogP contribution in [0.5, 0.6) is 0 Å². The molecule has 44 heavy (non-hydrogen) atoms. The Labute approximate surface area is 271 Å². The van der Waals surface area contributed by atoms with Crippen LogP contribution in [-0.2, 0) is 9.47 Å². The van der Waals surface area contributed by atoms with Crippen LogP contribution in [-0.4, -0.2) is 74.2 Å². The maximum Gasteiger partial charge on any atom is 0.338 e. The van der Waals surface area contributed by atoms with E-state index in [9.17, 15) is 9.59 Å². The van der Waals surface area contributed by atoms with Crippen LogP contribution in [0.25, 0.3) is 0 Å². The largest absolute Gasteiger partial charge is 0.462 e. The fourth-order valence-corrected chi connectivity index (χ4v) is 5.53. The molecule has 254 valence electrons. The monoisotopic (exact) mass is 617 g/mol. The van der Waals surface area contributed by atoms with Gasteiger partial charge in [0.25, 0.3) is 0 Å². The molecular formula is C38H68N2O4. The highest BCUT2D eigenvalue weighted by atomic mass is 16.5. The van der Waals surface area contributed by atoms with Gasteiger partial charge < -0.3 is 19.3 Å². The van der Waals surface area contributed by atoms with Gasteiger partial charge in [0.1, 0.15) is 0 Å². The molecule has 6 heteroatoms. The molecule has 0 bridgehead atoms. The van der Waals surface area contributed by atoms with Gasteiger partial charge in [-0.2, -0.15) is 0 Å². The molecule has 0 radical (unpaired) electrons. The average Bonchev–Trinajstić information content (AvgIpc) is 3.04. The number of esters is 2. The van der Waals surface area contributed by atoms with Crippen LogP contribution in [0, 0.1) is 0 Å². The van der Waals surface area contributed by atoms with Crippen LogP contribution in [0.1, 0.15) is 164 Å². The minimum absolute atomic E-state index is 0.333. The molecule has 0 spiro atoms. The Morgan fingerprint density at radius 1 is 0.432 bits per heavy atom. The first-order valence-electron chi connectivity index (χ1n) is 18.4. The van der Waals surface area contributed by atoms with Gasteiger partial charge in [-0.05, 0) is 89.0 Å². The van der Waals surface area contributed by atoms with Crippen LogP contribution >= 0.6 is 0 Å². The van der Waals surface area contributed by atoms with Gasteiger partial charge in [0.2, 0.25) is 0 Å². The van der Waals surface area contributed by atoms with Gasteiger partial charge in [-0.25, -0.2) is 9.59 Å². The number of rotatable bonds is 30. The van der Waals surface area contributed by atoms with E-state index in [0.29, 0.717) is 24.3 Å². The number of benzene rings is 1. The topological polar surface area (TPSA) is 59.1 Å². The third kappa shape index (κ3) is 20.9. The SMILES string of the molecule is CCCCCCN(CCCCCC)CCCOC(=O)c1ccc(C(=O)OCCCN(CCCCCC)CCCCCC)cc1. The van der Waals surface area contributed by atoms with Gasteiger partial charge in [-0.15, -0.1) is 0 Å². The second-order valence-corrected chi connectivity index (χ2v) is 12.5. The lowest BCUT2D eigenvalue weighted by molar-refractivity contribution is 0.0473. The third-order valence-corrected chi connectivity index (χ3v) is 8.37. The van der Waals surface area contributed by atoms with E-state index in [1.165, 1.54) is 103 Å². The van der Waals surface area contributed by atoms with Gasteiger partial charge in [0.15, 0.2) is 0 Å². The summed E-state index contributed by atoms with van der Waals surface area (Å²) in [6, 6.07) is 6.67. The van der Waals surface area contributed by atoms with Crippen molar-refractivity contribution in [3.05, 3.63) is 35.4 Å². The predicted molar refractivity (Wildman–Crippen MR) is 186 cm³/mol. The summed E-state index contributed by atoms with van der Waals surface area (Å²) in [5, 5.41) is 0. The number of carbonyl (C=O) groups is 2. The third-order valence-electron chi connectivity index (χ3n) is 8.37. The van der Waals surface area contributed by atoms with E-state index in [1.54, 1.807) is 24.3 Å². The van der Waals surface area contributed by atoms with Crippen molar-refractivity contribution >= 4 is 11.9 Å². The Hall–Kier alpha value is -1.92. The van der Waals surface area contributed by atoms with Gasteiger partial charge in [0.05, 0.1) is 24.3 Å². The fourth-order valence-electron chi connectivity index (χ4n) is 5.53. The summed E-state index contributed by atoms with van der Waals surface area (Å²) in [6.07, 6.45) is 22.0. The first-order valence-corrected chi connectivity index (χ1v) is 18.4. The van der Waals surface area contributed by atoms with Gasteiger partial charge in [-0.1, -0.05) is 105 Å². The van der Waals surface area contributed by atoms with E-state index in [0.717, 1.165) is 52.1 Å². The molecule has 0 aromatic heterocycles. The summed E-state index contributed by atoms with van der Waals surface area (Å²) in [5.74, 6) is -0.666. The van der Waals surface area contributed by atoms with E-state index in [2.05, 4.69) is 37.5 Å². The summed E-state index contributed by atoms with van der Waals surface area (Å²) in [5.41, 5.74) is 0.943. The summed E-state index contributed by atoms with van der Waals surface area (Å²) in [7, 11) is 0. The van der Waals surface area contributed by atoms with E-state index in [-0.39, 0.29) is 11.9 Å². The molecule has 0 fully saturated rings. The standard InChI is InChI=1S/C38H68N2O4/c1-5-9-13-17-27-39(28-18-14-10-6-2)31-21-33-43-37(41)35-23-25-36(26-24-35)38(42)44-34-22-32-40(29-19-15-11-7-3)30-20-16-12-8-4/h23-26H,5-22,27-34H2,1-4H3. The van der Waals surface area contributed by atoms with Gasteiger partial charge in [-0.3, -0.25) is 0 Å². The molecule has 0 saturated carbocycles. The Morgan fingerprint density at radius 2 is 0.705 bits per heavy atom. The second kappa shape index (κ2) is 28.5. The van der Waals surface area contributed by atoms with Crippen LogP contribution in [0.15, 0.2) is 24.3 Å². The van der Waals surface area contributed by atoms with Crippen molar-refractivity contribution in [1.82, 2.24) is 9.80 Å². The zero-order chi connectivity index (χ0) is 32.1. The lowest BCUT2D eigenvalue weighted by Gasteiger charge is -2.22. The van der Waals surface area contributed by atoms with Crippen molar-refractivity contribution in [2.75, 3.05) is 52.5 Å². The van der Waals surface area contributed by atoms with Crippen molar-refractivity contribution in [2.45, 2.75) is 143 Å². The van der Waals surface area contributed by atoms with Crippen LogP contribution in [0.2, 0.25) is 0 Å². The van der Waals surface area contributed by atoms with Gasteiger partial charge in [0, 0.05) is 13.1 Å². The van der Waals surface area contributed by atoms with E-state index >= 15 is 0 Å². The normalized spacial score (nSPS) is 11.4. The fraction of sp³-hybridized carbons (Fsp3) is 0.789. The number of nitrogens with zero attached hydrogens (tertiary/aromatic N) is 2. The number of unbranched alkanes of at least 4 members (excludes halogenated alkanes) is 12. The zero-order valence-corrected chi connectivity index (χ0v) is 29.2. The Morgan fingerprint density at radius 3 is 0.977 bits per heavy atom. The minimum atomic E-state index is -0.333. The minimum Gasteiger partial charge on any atom is -0.462 e. The molecule has 1 rings (SSSR count). The molecule has 1 aromatic rings. The average molecular weight is 617 g/mol. The quantitative estimate of drug-likeness (QED) is 0.0633. The van der Waals surface area contributed by atoms with Crippen molar-refractivity contribution in [2.24, 2.45) is 0 Å². The Bertz CT molecular complexity index is 723. The molecule has 0 aliphatic carbocycles. The lowest BCUT2D eigenvalue weighted by Crippen LogP contribution is -2.28. The molecule has 0 atom stereocenters. The van der Waals surface area contributed by atoms with E-state index in [1.807, 2.05) is 0 Å².